The molecular weight excluding hydrogens is 475 g/mol. The monoisotopic (exact) mass is 492 g/mol. The van der Waals surface area contributed by atoms with Crippen molar-refractivity contribution < 1.29 is 23.7 Å². The van der Waals surface area contributed by atoms with Crippen molar-refractivity contribution in [3.05, 3.63) is 67.0 Å². The number of fused-ring (bicyclic) bond motifs is 1. The van der Waals surface area contributed by atoms with E-state index >= 15 is 0 Å². The van der Waals surface area contributed by atoms with Gasteiger partial charge in [0, 0.05) is 12.4 Å². The molecule has 0 radical (unpaired) electrons. The van der Waals surface area contributed by atoms with Gasteiger partial charge in [-0.15, -0.1) is 11.3 Å². The standard InChI is InChI=1S/C18H17N6O7PS/c1-23-15-14(16(26)20-17(23)27)11(21-22-15)7-13(25)19-18-24(9-31-32(28,29)30)12(8-33-18)10-5-3-2-4-6-10/h2-6,8H,7,9H2,1H3,(H,21,22)(H,20,26,27)(H2,28,29,30)/b19-18-. The van der Waals surface area contributed by atoms with Gasteiger partial charge in [0.1, 0.15) is 17.8 Å². The van der Waals surface area contributed by atoms with Gasteiger partial charge in [0.25, 0.3) is 11.5 Å². The molecule has 4 rings (SSSR count). The normalized spacial score (nSPS) is 12.5. The van der Waals surface area contributed by atoms with E-state index in [2.05, 4.69) is 24.7 Å². The summed E-state index contributed by atoms with van der Waals surface area (Å²) < 4.78 is 18.4. The van der Waals surface area contributed by atoms with Crippen molar-refractivity contribution >= 4 is 36.1 Å². The number of carbonyl (C=O) groups excluding carboxylic acids is 1. The quantitative estimate of drug-likeness (QED) is 0.275. The summed E-state index contributed by atoms with van der Waals surface area (Å²) in [5.41, 5.74) is 0.224. The SMILES string of the molecule is Cn1c(=O)[nH]c(=O)c2c(CC(=O)/N=c3\scc(-c4ccccc4)n3COP(=O)(O)O)n[nH]c21. The van der Waals surface area contributed by atoms with Crippen molar-refractivity contribution in [2.75, 3.05) is 0 Å². The first-order chi connectivity index (χ1) is 15.6. The molecule has 172 valence electrons. The maximum Gasteiger partial charge on any atom is 0.471 e. The van der Waals surface area contributed by atoms with Gasteiger partial charge < -0.3 is 9.79 Å². The summed E-state index contributed by atoms with van der Waals surface area (Å²) in [5, 5.41) is 8.28. The Bertz CT molecular complexity index is 1570. The predicted molar refractivity (Wildman–Crippen MR) is 117 cm³/mol. The molecule has 1 aromatic carbocycles. The van der Waals surface area contributed by atoms with Crippen LogP contribution in [0.4, 0.5) is 0 Å². The second kappa shape index (κ2) is 8.84. The number of aromatic amines is 2. The van der Waals surface area contributed by atoms with E-state index < -0.39 is 31.7 Å². The zero-order chi connectivity index (χ0) is 23.8. The zero-order valence-electron chi connectivity index (χ0n) is 17.0. The molecule has 0 aliphatic heterocycles. The van der Waals surface area contributed by atoms with Gasteiger partial charge in [-0.1, -0.05) is 30.3 Å². The molecule has 4 N–H and O–H groups in total. The van der Waals surface area contributed by atoms with Crippen LogP contribution in [-0.4, -0.2) is 40.0 Å². The van der Waals surface area contributed by atoms with E-state index in [1.807, 2.05) is 6.07 Å². The Labute approximate surface area is 187 Å². The minimum atomic E-state index is -4.78. The lowest BCUT2D eigenvalue weighted by molar-refractivity contribution is -0.117. The van der Waals surface area contributed by atoms with Crippen LogP contribution in [0.2, 0.25) is 0 Å². The fraction of sp³-hybridized carbons (Fsp3) is 0.167. The Morgan fingerprint density at radius 1 is 1.27 bits per heavy atom. The predicted octanol–water partition coefficient (Wildman–Crippen LogP) is 0.217. The van der Waals surface area contributed by atoms with Gasteiger partial charge in [0.15, 0.2) is 4.80 Å². The fourth-order valence-electron chi connectivity index (χ4n) is 3.13. The number of phosphoric acid groups is 1. The molecular formula is C18H17N6O7PS. The first-order valence-electron chi connectivity index (χ1n) is 9.31. The molecule has 0 saturated carbocycles. The van der Waals surface area contributed by atoms with Crippen LogP contribution in [0.25, 0.3) is 22.3 Å². The average Bonchev–Trinajstić information content (AvgIpc) is 3.35. The summed E-state index contributed by atoms with van der Waals surface area (Å²) in [5.74, 6) is -0.664. The highest BCUT2D eigenvalue weighted by molar-refractivity contribution is 7.46. The third kappa shape index (κ3) is 4.84. The minimum Gasteiger partial charge on any atom is -0.303 e. The van der Waals surface area contributed by atoms with Crippen molar-refractivity contribution in [1.82, 2.24) is 24.3 Å². The first kappa shape index (κ1) is 22.8. The van der Waals surface area contributed by atoms with Gasteiger partial charge in [0.05, 0.1) is 17.8 Å². The molecule has 3 heterocycles. The van der Waals surface area contributed by atoms with E-state index in [1.54, 1.807) is 29.6 Å². The molecule has 0 saturated heterocycles. The molecule has 0 unspecified atom stereocenters. The number of H-pyrrole nitrogens is 2. The number of hydrogen-bond donors (Lipinski definition) is 4. The van der Waals surface area contributed by atoms with Crippen LogP contribution >= 0.6 is 19.2 Å². The van der Waals surface area contributed by atoms with Crippen molar-refractivity contribution in [2.45, 2.75) is 13.2 Å². The smallest absolute Gasteiger partial charge is 0.303 e. The summed E-state index contributed by atoms with van der Waals surface area (Å²) in [7, 11) is -3.34. The number of nitrogens with zero attached hydrogens (tertiary/aromatic N) is 4. The summed E-state index contributed by atoms with van der Waals surface area (Å²) in [4.78, 5) is 61.1. The second-order valence-corrected chi connectivity index (χ2v) is 8.92. The van der Waals surface area contributed by atoms with E-state index in [0.717, 1.165) is 21.5 Å². The van der Waals surface area contributed by atoms with Gasteiger partial charge in [-0.2, -0.15) is 10.1 Å². The number of carbonyl (C=O) groups is 1. The third-order valence-corrected chi connectivity index (χ3v) is 5.99. The Morgan fingerprint density at radius 2 is 2.00 bits per heavy atom. The minimum absolute atomic E-state index is 0.0644. The topological polar surface area (TPSA) is 185 Å². The number of nitrogens with one attached hydrogen (secondary N) is 2. The van der Waals surface area contributed by atoms with Crippen LogP contribution < -0.4 is 16.1 Å². The molecule has 33 heavy (non-hydrogen) atoms. The van der Waals surface area contributed by atoms with Gasteiger partial charge in [-0.25, -0.2) is 9.36 Å². The molecule has 0 atom stereocenters. The summed E-state index contributed by atoms with van der Waals surface area (Å²) in [6, 6.07) is 8.96. The molecule has 0 bridgehead atoms. The van der Waals surface area contributed by atoms with Crippen LogP contribution in [0, 0.1) is 0 Å². The number of thiazole rings is 1. The molecule has 13 nitrogen and oxygen atoms in total. The lowest BCUT2D eigenvalue weighted by Gasteiger charge is -2.10. The Hall–Kier alpha value is -3.42. The number of hydrogen-bond acceptors (Lipinski definition) is 7. The van der Waals surface area contributed by atoms with Gasteiger partial charge in [0.2, 0.25) is 0 Å². The highest BCUT2D eigenvalue weighted by atomic mass is 32.1. The van der Waals surface area contributed by atoms with Gasteiger partial charge in [-0.3, -0.25) is 33.3 Å². The van der Waals surface area contributed by atoms with Crippen LogP contribution in [0.15, 0.2) is 50.3 Å². The van der Waals surface area contributed by atoms with Crippen molar-refractivity contribution in [3.63, 3.8) is 0 Å². The van der Waals surface area contributed by atoms with Crippen LogP contribution in [0.5, 0.6) is 0 Å². The lowest BCUT2D eigenvalue weighted by Crippen LogP contribution is -2.28. The Morgan fingerprint density at radius 3 is 2.70 bits per heavy atom. The lowest BCUT2D eigenvalue weighted by atomic mass is 10.2. The fourth-order valence-corrected chi connectivity index (χ4v) is 4.31. The van der Waals surface area contributed by atoms with E-state index in [-0.39, 0.29) is 27.9 Å². The van der Waals surface area contributed by atoms with Crippen molar-refractivity contribution in [2.24, 2.45) is 12.0 Å². The molecule has 0 spiro atoms. The Kier molecular flexibility index (Phi) is 6.10. The van der Waals surface area contributed by atoms with Crippen LogP contribution in [0.1, 0.15) is 5.69 Å². The number of aryl methyl sites for hydroxylation is 1. The second-order valence-electron chi connectivity index (χ2n) is 6.84. The number of aromatic nitrogens is 5. The maximum atomic E-state index is 12.7. The molecule has 15 heteroatoms. The Balaban J connectivity index is 1.72. The highest BCUT2D eigenvalue weighted by Gasteiger charge is 2.19. The van der Waals surface area contributed by atoms with E-state index in [1.165, 1.54) is 11.6 Å². The van der Waals surface area contributed by atoms with Gasteiger partial charge in [-0.05, 0) is 5.56 Å². The maximum absolute atomic E-state index is 12.7. The molecule has 0 aliphatic rings. The van der Waals surface area contributed by atoms with E-state index in [9.17, 15) is 18.9 Å². The molecule has 4 aromatic rings. The first-order valence-corrected chi connectivity index (χ1v) is 11.7. The number of rotatable bonds is 6. The molecule has 1 amide bonds. The van der Waals surface area contributed by atoms with Gasteiger partial charge >= 0.3 is 13.5 Å². The van der Waals surface area contributed by atoms with Crippen molar-refractivity contribution in [3.8, 4) is 11.3 Å². The summed E-state index contributed by atoms with van der Waals surface area (Å²) >= 11 is 1.07. The van der Waals surface area contributed by atoms with E-state index in [0.29, 0.717) is 5.69 Å². The molecule has 3 aromatic heterocycles. The number of benzene rings is 1. The zero-order valence-corrected chi connectivity index (χ0v) is 18.7. The summed E-state index contributed by atoms with van der Waals surface area (Å²) in [6.07, 6.45) is -0.348. The highest BCUT2D eigenvalue weighted by Crippen LogP contribution is 2.36. The number of phosphoric ester groups is 1. The number of amides is 1. The third-order valence-electron chi connectivity index (χ3n) is 4.67. The van der Waals surface area contributed by atoms with Crippen molar-refractivity contribution in [1.29, 1.82) is 0 Å². The summed E-state index contributed by atoms with van der Waals surface area (Å²) in [6.45, 7) is -0.544. The van der Waals surface area contributed by atoms with Crippen LogP contribution in [0.3, 0.4) is 0 Å². The molecule has 0 aliphatic carbocycles. The average molecular weight is 492 g/mol. The van der Waals surface area contributed by atoms with E-state index in [4.69, 9.17) is 9.79 Å². The van der Waals surface area contributed by atoms with Crippen LogP contribution in [-0.2, 0) is 34.1 Å². The molecule has 0 fully saturated rings. The largest absolute Gasteiger partial charge is 0.471 e.